The Bertz CT molecular complexity index is 1080. The molecule has 0 atom stereocenters. The molecule has 2 aromatic carbocycles. The third-order valence-electron chi connectivity index (χ3n) is 4.91. The van der Waals surface area contributed by atoms with Crippen LogP contribution in [0.2, 0.25) is 0 Å². The van der Waals surface area contributed by atoms with Crippen LogP contribution in [0.25, 0.3) is 11.4 Å². The summed E-state index contributed by atoms with van der Waals surface area (Å²) in [6.07, 6.45) is 0.476. The number of amides is 1. The van der Waals surface area contributed by atoms with Gasteiger partial charge in [0.05, 0.1) is 7.11 Å². The number of carbonyl (C=O) groups excluding carboxylic acids is 1. The predicted octanol–water partition coefficient (Wildman–Crippen LogP) is 2.83. The summed E-state index contributed by atoms with van der Waals surface area (Å²) in [7, 11) is 3.36. The number of carbonyl (C=O) groups is 1. The van der Waals surface area contributed by atoms with E-state index in [0.717, 1.165) is 11.3 Å². The van der Waals surface area contributed by atoms with Crippen LogP contribution in [0.4, 0.5) is 0 Å². The van der Waals surface area contributed by atoms with E-state index in [1.165, 1.54) is 0 Å². The molecule has 0 aliphatic carbocycles. The quantitative estimate of drug-likeness (QED) is 0.570. The van der Waals surface area contributed by atoms with Gasteiger partial charge in [0, 0.05) is 32.0 Å². The summed E-state index contributed by atoms with van der Waals surface area (Å²) in [5, 5.41) is 8.13. The number of aromatic amines is 1. The Morgan fingerprint density at radius 3 is 2.55 bits per heavy atom. The Kier molecular flexibility index (Phi) is 7.37. The minimum Gasteiger partial charge on any atom is -0.497 e. The smallest absolute Gasteiger partial charge is 0.273 e. The Labute approximate surface area is 180 Å². The molecule has 31 heavy (non-hydrogen) atoms. The highest BCUT2D eigenvalue weighted by Gasteiger charge is 2.11. The van der Waals surface area contributed by atoms with E-state index in [2.05, 4.69) is 15.2 Å². The van der Waals surface area contributed by atoms with Crippen molar-refractivity contribution in [1.29, 1.82) is 0 Å². The van der Waals surface area contributed by atoms with Crippen molar-refractivity contribution in [3.63, 3.8) is 0 Å². The van der Waals surface area contributed by atoms with E-state index in [1.807, 2.05) is 43.3 Å². The Hall–Kier alpha value is -3.68. The van der Waals surface area contributed by atoms with Crippen molar-refractivity contribution < 1.29 is 14.3 Å². The summed E-state index contributed by atoms with van der Waals surface area (Å²) in [6.45, 7) is 2.93. The fourth-order valence-corrected chi connectivity index (χ4v) is 2.88. The zero-order valence-electron chi connectivity index (χ0n) is 17.9. The standard InChI is InChI=1S/C23H26N4O4/c1-4-27(2)21(28)13-12-20-23(29)24-22(26-25-20)17-8-10-18(11-9-17)31-15-16-6-5-7-19(14-16)30-3/h5-11,14H,4,12-13,15H2,1-3H3,(H,24,26,29). The molecule has 0 aliphatic heterocycles. The molecule has 0 radical (unpaired) electrons. The van der Waals surface area contributed by atoms with E-state index in [9.17, 15) is 9.59 Å². The molecule has 0 unspecified atom stereocenters. The number of ether oxygens (including phenoxy) is 2. The maximum absolute atomic E-state index is 12.3. The Morgan fingerprint density at radius 2 is 1.87 bits per heavy atom. The lowest BCUT2D eigenvalue weighted by atomic mass is 10.2. The minimum absolute atomic E-state index is 0.0303. The largest absolute Gasteiger partial charge is 0.497 e. The van der Waals surface area contributed by atoms with Crippen molar-refractivity contribution in [3.8, 4) is 22.9 Å². The van der Waals surface area contributed by atoms with Gasteiger partial charge in [0.25, 0.3) is 5.56 Å². The van der Waals surface area contributed by atoms with Gasteiger partial charge >= 0.3 is 0 Å². The summed E-state index contributed by atoms with van der Waals surface area (Å²) in [5.74, 6) is 1.81. The molecule has 0 saturated carbocycles. The van der Waals surface area contributed by atoms with Gasteiger partial charge in [0.15, 0.2) is 5.82 Å². The lowest BCUT2D eigenvalue weighted by Gasteiger charge is -2.13. The number of methoxy groups -OCH3 is 1. The van der Waals surface area contributed by atoms with Gasteiger partial charge in [0.2, 0.25) is 5.91 Å². The van der Waals surface area contributed by atoms with Gasteiger partial charge in [-0.3, -0.25) is 9.59 Å². The first-order valence-corrected chi connectivity index (χ1v) is 10.1. The van der Waals surface area contributed by atoms with Crippen molar-refractivity contribution >= 4 is 5.91 Å². The van der Waals surface area contributed by atoms with E-state index >= 15 is 0 Å². The highest BCUT2D eigenvalue weighted by Crippen LogP contribution is 2.20. The summed E-state index contributed by atoms with van der Waals surface area (Å²) >= 11 is 0. The molecule has 0 bridgehead atoms. The maximum atomic E-state index is 12.3. The number of hydrogen-bond donors (Lipinski definition) is 1. The van der Waals surface area contributed by atoms with Crippen molar-refractivity contribution in [3.05, 3.63) is 70.1 Å². The second-order valence-corrected chi connectivity index (χ2v) is 7.02. The molecule has 0 spiro atoms. The third kappa shape index (κ3) is 5.91. The number of benzene rings is 2. The summed E-state index contributed by atoms with van der Waals surface area (Å²) in [6, 6.07) is 14.9. The molecule has 1 aromatic heterocycles. The second kappa shape index (κ2) is 10.4. The molecule has 1 heterocycles. The first-order chi connectivity index (χ1) is 15.0. The number of aryl methyl sites for hydroxylation is 1. The van der Waals surface area contributed by atoms with Gasteiger partial charge in [-0.05, 0) is 48.9 Å². The third-order valence-corrected chi connectivity index (χ3v) is 4.91. The van der Waals surface area contributed by atoms with E-state index < -0.39 is 0 Å². The lowest BCUT2D eigenvalue weighted by Crippen LogP contribution is -2.27. The fourth-order valence-electron chi connectivity index (χ4n) is 2.88. The molecule has 3 aromatic rings. The van der Waals surface area contributed by atoms with Gasteiger partial charge in [0.1, 0.15) is 23.8 Å². The highest BCUT2D eigenvalue weighted by molar-refractivity contribution is 5.76. The molecule has 1 N–H and O–H groups in total. The molecular formula is C23H26N4O4. The molecule has 8 heteroatoms. The molecule has 0 saturated heterocycles. The van der Waals surface area contributed by atoms with Gasteiger partial charge in [-0.1, -0.05) is 12.1 Å². The first kappa shape index (κ1) is 22.0. The SMILES string of the molecule is CCN(C)C(=O)CCc1nnc(-c2ccc(OCc3cccc(OC)c3)cc2)[nH]c1=O. The van der Waals surface area contributed by atoms with Crippen LogP contribution < -0.4 is 15.0 Å². The summed E-state index contributed by atoms with van der Waals surface area (Å²) < 4.78 is 11.0. The van der Waals surface area contributed by atoms with Crippen LogP contribution in [-0.2, 0) is 17.8 Å². The highest BCUT2D eigenvalue weighted by atomic mass is 16.5. The Balaban J connectivity index is 1.62. The van der Waals surface area contributed by atoms with Crippen LogP contribution in [0, 0.1) is 0 Å². The predicted molar refractivity (Wildman–Crippen MR) is 117 cm³/mol. The minimum atomic E-state index is -0.338. The van der Waals surface area contributed by atoms with Gasteiger partial charge < -0.3 is 19.4 Å². The molecular weight excluding hydrogens is 396 g/mol. The zero-order chi connectivity index (χ0) is 22.2. The number of rotatable bonds is 9. The topological polar surface area (TPSA) is 97.4 Å². The summed E-state index contributed by atoms with van der Waals surface area (Å²) in [4.78, 5) is 28.6. The molecule has 0 fully saturated rings. The van der Waals surface area contributed by atoms with E-state index in [1.54, 1.807) is 31.2 Å². The maximum Gasteiger partial charge on any atom is 0.273 e. The average Bonchev–Trinajstić information content (AvgIpc) is 2.81. The average molecular weight is 422 g/mol. The van der Waals surface area contributed by atoms with E-state index in [0.29, 0.717) is 30.3 Å². The van der Waals surface area contributed by atoms with Crippen LogP contribution in [0.3, 0.4) is 0 Å². The van der Waals surface area contributed by atoms with Crippen LogP contribution in [-0.4, -0.2) is 46.7 Å². The Morgan fingerprint density at radius 1 is 1.10 bits per heavy atom. The van der Waals surface area contributed by atoms with Gasteiger partial charge in [-0.2, -0.15) is 0 Å². The van der Waals surface area contributed by atoms with Crippen LogP contribution in [0.5, 0.6) is 11.5 Å². The van der Waals surface area contributed by atoms with Gasteiger partial charge in [-0.25, -0.2) is 0 Å². The molecule has 8 nitrogen and oxygen atoms in total. The van der Waals surface area contributed by atoms with Crippen molar-refractivity contribution in [2.75, 3.05) is 20.7 Å². The van der Waals surface area contributed by atoms with Crippen molar-refractivity contribution in [2.24, 2.45) is 0 Å². The molecule has 1 amide bonds. The normalized spacial score (nSPS) is 10.5. The monoisotopic (exact) mass is 422 g/mol. The van der Waals surface area contributed by atoms with Crippen molar-refractivity contribution in [1.82, 2.24) is 20.1 Å². The van der Waals surface area contributed by atoms with E-state index in [4.69, 9.17) is 9.47 Å². The number of aromatic nitrogens is 3. The lowest BCUT2D eigenvalue weighted by molar-refractivity contribution is -0.129. The number of hydrogen-bond acceptors (Lipinski definition) is 6. The van der Waals surface area contributed by atoms with Gasteiger partial charge in [-0.15, -0.1) is 10.2 Å². The number of nitrogens with one attached hydrogen (secondary N) is 1. The number of nitrogens with zero attached hydrogens (tertiary/aromatic N) is 3. The van der Waals surface area contributed by atoms with Crippen LogP contribution >= 0.6 is 0 Å². The number of H-pyrrole nitrogens is 1. The molecule has 0 aliphatic rings. The zero-order valence-corrected chi connectivity index (χ0v) is 17.9. The first-order valence-electron chi connectivity index (χ1n) is 10.1. The second-order valence-electron chi connectivity index (χ2n) is 7.02. The van der Waals surface area contributed by atoms with Crippen LogP contribution in [0.15, 0.2) is 53.3 Å². The molecule has 162 valence electrons. The molecule has 3 rings (SSSR count). The van der Waals surface area contributed by atoms with E-state index in [-0.39, 0.29) is 30.0 Å². The van der Waals surface area contributed by atoms with Crippen LogP contribution in [0.1, 0.15) is 24.6 Å². The fraction of sp³-hybridized carbons (Fsp3) is 0.304. The summed E-state index contributed by atoms with van der Waals surface area (Å²) in [5.41, 5.74) is 1.62. The van der Waals surface area contributed by atoms with Crippen molar-refractivity contribution in [2.45, 2.75) is 26.4 Å².